The van der Waals surface area contributed by atoms with Crippen LogP contribution in [-0.2, 0) is 9.59 Å². The summed E-state index contributed by atoms with van der Waals surface area (Å²) in [6, 6.07) is 0. The summed E-state index contributed by atoms with van der Waals surface area (Å²) in [5, 5.41) is 8.42. The largest absolute Gasteiger partial charge is 0.481 e. The minimum Gasteiger partial charge on any atom is -0.481 e. The maximum Gasteiger partial charge on any atom is 0.303 e. The van der Waals surface area contributed by atoms with Crippen molar-refractivity contribution in [3.05, 3.63) is 12.2 Å². The molecule has 15 heavy (non-hydrogen) atoms. The topological polar surface area (TPSA) is 57.6 Å². The number of aliphatic carboxylic acids is 1. The average Bonchev–Trinajstić information content (AvgIpc) is 2.47. The summed E-state index contributed by atoms with van der Waals surface area (Å²) in [6.07, 6.45) is 5.76. The predicted molar refractivity (Wildman–Crippen MR) is 60.3 cm³/mol. The predicted octanol–water partition coefficient (Wildman–Crippen LogP) is 1.30. The Morgan fingerprint density at radius 1 is 1.33 bits per heavy atom. The van der Waals surface area contributed by atoms with Gasteiger partial charge >= 0.3 is 5.97 Å². The number of carboxylic acids is 1. The molecule has 0 fully saturated rings. The molecule has 0 spiro atoms. The molecule has 1 amide bonds. The van der Waals surface area contributed by atoms with Crippen LogP contribution in [0.15, 0.2) is 12.2 Å². The Hall–Kier alpha value is -1.15. The second-order valence-electron chi connectivity index (χ2n) is 3.41. The van der Waals surface area contributed by atoms with Crippen LogP contribution in [0.4, 0.5) is 0 Å². The number of hydrogen-bond acceptors (Lipinski definition) is 2. The molecule has 1 heterocycles. The number of rotatable bonds is 6. The Kier molecular flexibility index (Phi) is 4.50. The molecule has 0 aromatic heterocycles. The summed E-state index contributed by atoms with van der Waals surface area (Å²) in [7, 11) is 3.33. The van der Waals surface area contributed by atoms with E-state index < -0.39 is 5.97 Å². The van der Waals surface area contributed by atoms with Crippen molar-refractivity contribution < 1.29 is 14.7 Å². The maximum absolute atomic E-state index is 11.2. The van der Waals surface area contributed by atoms with Crippen molar-refractivity contribution in [3.8, 4) is 0 Å². The highest BCUT2D eigenvalue weighted by molar-refractivity contribution is 7.22. The van der Waals surface area contributed by atoms with Crippen LogP contribution in [0.1, 0.15) is 25.7 Å². The molecule has 4 nitrogen and oxygen atoms in total. The lowest BCUT2D eigenvalue weighted by molar-refractivity contribution is -0.137. The van der Waals surface area contributed by atoms with Gasteiger partial charge in [-0.15, -0.1) is 0 Å². The van der Waals surface area contributed by atoms with Crippen LogP contribution in [-0.4, -0.2) is 33.8 Å². The van der Waals surface area contributed by atoms with Crippen molar-refractivity contribution in [2.75, 3.05) is 6.54 Å². The average molecular weight is 227 g/mol. The van der Waals surface area contributed by atoms with Gasteiger partial charge in [0, 0.05) is 19.0 Å². The van der Waals surface area contributed by atoms with E-state index in [0.29, 0.717) is 13.0 Å². The molecule has 0 atom stereocenters. The van der Waals surface area contributed by atoms with Crippen LogP contribution in [0, 0.1) is 0 Å². The van der Waals surface area contributed by atoms with Crippen LogP contribution in [0.2, 0.25) is 0 Å². The Bertz CT molecular complexity index is 294. The molecule has 0 unspecified atom stereocenters. The van der Waals surface area contributed by atoms with E-state index in [1.807, 2.05) is 0 Å². The van der Waals surface area contributed by atoms with Crippen molar-refractivity contribution in [3.63, 3.8) is 0 Å². The summed E-state index contributed by atoms with van der Waals surface area (Å²) in [6.45, 7) is 0.643. The third-order valence-corrected chi connectivity index (χ3v) is 2.65. The number of amides is 1. The molecular formula is C10H14NO3P. The molecule has 0 aliphatic carbocycles. The zero-order chi connectivity index (χ0) is 11.3. The minimum atomic E-state index is -0.763. The van der Waals surface area contributed by atoms with Gasteiger partial charge in [0.1, 0.15) is 0 Å². The molecule has 1 aliphatic rings. The monoisotopic (exact) mass is 227 g/mol. The molecule has 1 aliphatic heterocycles. The van der Waals surface area contributed by atoms with E-state index in [2.05, 4.69) is 8.86 Å². The molecule has 0 saturated heterocycles. The molecule has 0 saturated carbocycles. The first kappa shape index (κ1) is 11.9. The number of hydrogen-bond donors (Lipinski definition) is 1. The van der Waals surface area contributed by atoms with Gasteiger partial charge in [-0.25, -0.2) is 0 Å². The highest BCUT2D eigenvalue weighted by Crippen LogP contribution is 2.09. The number of unbranched alkanes of at least 4 members (excludes halogenated alkanes) is 2. The highest BCUT2D eigenvalue weighted by Gasteiger charge is 2.17. The fourth-order valence-corrected chi connectivity index (χ4v) is 1.71. The number of carboxylic acid groups (broad SMARTS) is 1. The summed E-state index contributed by atoms with van der Waals surface area (Å²) in [5.74, 6) is -0.778. The van der Waals surface area contributed by atoms with Crippen LogP contribution in [0.3, 0.4) is 0 Å². The van der Waals surface area contributed by atoms with Gasteiger partial charge in [0.15, 0.2) is 0 Å². The third-order valence-electron chi connectivity index (χ3n) is 2.21. The normalized spacial score (nSPS) is 15.1. The SMILES string of the molecule is O=C(O)CCCCCN1C(=O)C=CC1=P. The fraction of sp³-hybridized carbons (Fsp3) is 0.500. The highest BCUT2D eigenvalue weighted by atomic mass is 31.0. The van der Waals surface area contributed by atoms with Gasteiger partial charge in [-0.3, -0.25) is 9.59 Å². The van der Waals surface area contributed by atoms with E-state index >= 15 is 0 Å². The number of nitrogens with zero attached hydrogens (tertiary/aromatic N) is 1. The standard InChI is InChI=1S/C10H14NO3P/c12-8-5-6-9(15)11(8)7-3-1-2-4-10(13)14/h5-6,15H,1-4,7H2,(H,13,14). The van der Waals surface area contributed by atoms with E-state index in [1.54, 1.807) is 11.0 Å². The Labute approximate surface area is 90.8 Å². The van der Waals surface area contributed by atoms with Crippen molar-refractivity contribution in [2.45, 2.75) is 25.7 Å². The van der Waals surface area contributed by atoms with Crippen LogP contribution in [0.5, 0.6) is 0 Å². The Morgan fingerprint density at radius 3 is 2.60 bits per heavy atom. The first-order chi connectivity index (χ1) is 7.11. The summed E-state index contributed by atoms with van der Waals surface area (Å²) in [5.41, 5.74) is 0.776. The number of carbonyl (C=O) groups excluding carboxylic acids is 1. The molecule has 0 aromatic rings. The molecule has 0 bridgehead atoms. The van der Waals surface area contributed by atoms with E-state index in [-0.39, 0.29) is 12.3 Å². The quantitative estimate of drug-likeness (QED) is 0.549. The lowest BCUT2D eigenvalue weighted by Crippen LogP contribution is -2.29. The molecule has 5 heteroatoms. The first-order valence-corrected chi connectivity index (χ1v) is 5.41. The van der Waals surface area contributed by atoms with E-state index in [4.69, 9.17) is 5.11 Å². The smallest absolute Gasteiger partial charge is 0.303 e. The Balaban J connectivity index is 2.13. The second-order valence-corrected chi connectivity index (χ2v) is 3.93. The first-order valence-electron chi connectivity index (χ1n) is 4.91. The van der Waals surface area contributed by atoms with Gasteiger partial charge in [0.05, 0.1) is 5.42 Å². The lowest BCUT2D eigenvalue weighted by atomic mass is 10.2. The maximum atomic E-state index is 11.2. The van der Waals surface area contributed by atoms with E-state index in [1.165, 1.54) is 6.08 Å². The number of carbonyl (C=O) groups is 2. The van der Waals surface area contributed by atoms with Crippen LogP contribution in [0.25, 0.3) is 0 Å². The third kappa shape index (κ3) is 3.84. The minimum absolute atomic E-state index is 0.0155. The molecular weight excluding hydrogens is 213 g/mol. The lowest BCUT2D eigenvalue weighted by Gasteiger charge is -2.15. The van der Waals surface area contributed by atoms with Gasteiger partial charge in [-0.2, -0.15) is 0 Å². The van der Waals surface area contributed by atoms with E-state index in [0.717, 1.165) is 18.3 Å². The zero-order valence-electron chi connectivity index (χ0n) is 8.40. The van der Waals surface area contributed by atoms with Crippen molar-refractivity contribution in [2.24, 2.45) is 0 Å². The second kappa shape index (κ2) is 5.66. The Morgan fingerprint density at radius 2 is 2.07 bits per heavy atom. The van der Waals surface area contributed by atoms with E-state index in [9.17, 15) is 9.59 Å². The molecule has 0 radical (unpaired) electrons. The summed E-state index contributed by atoms with van der Waals surface area (Å²) >= 11 is 0. The van der Waals surface area contributed by atoms with Crippen molar-refractivity contribution in [1.29, 1.82) is 0 Å². The fourth-order valence-electron chi connectivity index (χ4n) is 1.40. The van der Waals surface area contributed by atoms with Gasteiger partial charge in [-0.05, 0) is 18.9 Å². The van der Waals surface area contributed by atoms with Gasteiger partial charge in [-0.1, -0.05) is 15.3 Å². The molecule has 82 valence electrons. The molecule has 1 rings (SSSR count). The van der Waals surface area contributed by atoms with Crippen molar-refractivity contribution in [1.82, 2.24) is 4.90 Å². The summed E-state index contributed by atoms with van der Waals surface area (Å²) in [4.78, 5) is 23.1. The van der Waals surface area contributed by atoms with Gasteiger partial charge in [0.2, 0.25) is 0 Å². The molecule has 1 N–H and O–H groups in total. The summed E-state index contributed by atoms with van der Waals surface area (Å²) < 4.78 is 0. The zero-order valence-corrected chi connectivity index (χ0v) is 9.40. The van der Waals surface area contributed by atoms with Gasteiger partial charge < -0.3 is 10.0 Å². The van der Waals surface area contributed by atoms with Crippen LogP contribution >= 0.6 is 8.86 Å². The van der Waals surface area contributed by atoms with Gasteiger partial charge in [0.25, 0.3) is 5.91 Å². The molecule has 0 aromatic carbocycles. The van der Waals surface area contributed by atoms with Crippen LogP contribution < -0.4 is 0 Å². The van der Waals surface area contributed by atoms with Crippen molar-refractivity contribution >= 4 is 26.2 Å².